The molecule has 250 valence electrons. The fourth-order valence-electron chi connectivity index (χ4n) is 4.10. The van der Waals surface area contributed by atoms with Crippen LogP contribution >= 0.6 is 0 Å². The maximum atomic E-state index is 13.4. The molecule has 0 heterocycles. The lowest BCUT2D eigenvalue weighted by Gasteiger charge is -2.26. The van der Waals surface area contributed by atoms with Gasteiger partial charge in [0.05, 0.1) is 7.11 Å². The highest BCUT2D eigenvalue weighted by Gasteiger charge is 2.30. The minimum absolute atomic E-state index is 0.241. The molecule has 0 saturated carbocycles. The molecule has 0 aliphatic rings. The summed E-state index contributed by atoms with van der Waals surface area (Å²) < 4.78 is 15.5. The standard InChI is InChI=1S/C31H58N4O8/c1-10-12-14-18-23(35-29(40)43-31(6,7)8)26(37)33-22(19-16-17-21-32-28(39)42-30(3,4)5)25(36)34-24(27(38)41-9)20-15-13-11-2/h22-24H,10-21H2,1-9H3,(H,32,39)(H,33,37)(H,34,36)(H,35,40). The minimum Gasteiger partial charge on any atom is -0.467 e. The van der Waals surface area contributed by atoms with Gasteiger partial charge in [0, 0.05) is 6.54 Å². The molecule has 4 N–H and O–H groups in total. The SMILES string of the molecule is CCCCCC(NC(=O)OC(C)(C)C)C(=O)NC(CCCCNC(=O)OC(C)(C)C)C(=O)NC(CCCCC)C(=O)OC. The van der Waals surface area contributed by atoms with E-state index < -0.39 is 59.3 Å². The van der Waals surface area contributed by atoms with Crippen molar-refractivity contribution in [3.63, 3.8) is 0 Å². The first-order chi connectivity index (χ1) is 20.0. The third-order valence-corrected chi connectivity index (χ3v) is 6.22. The fourth-order valence-corrected chi connectivity index (χ4v) is 4.10. The highest BCUT2D eigenvalue weighted by molar-refractivity contribution is 5.93. The van der Waals surface area contributed by atoms with Gasteiger partial charge < -0.3 is 35.5 Å². The van der Waals surface area contributed by atoms with E-state index in [0.717, 1.165) is 32.1 Å². The Kier molecular flexibility index (Phi) is 19.3. The molecule has 4 amide bonds. The quantitative estimate of drug-likeness (QED) is 0.0910. The molecule has 0 aromatic heterocycles. The summed E-state index contributed by atoms with van der Waals surface area (Å²) >= 11 is 0. The summed E-state index contributed by atoms with van der Waals surface area (Å²) in [5, 5.41) is 10.9. The molecule has 0 aromatic rings. The number of rotatable bonds is 19. The molecule has 12 nitrogen and oxygen atoms in total. The summed E-state index contributed by atoms with van der Waals surface area (Å²) in [5.41, 5.74) is -1.36. The van der Waals surface area contributed by atoms with Gasteiger partial charge in [0.25, 0.3) is 0 Å². The first kappa shape index (κ1) is 40.0. The summed E-state index contributed by atoms with van der Waals surface area (Å²) in [7, 11) is 1.27. The number of hydrogen-bond donors (Lipinski definition) is 4. The third-order valence-electron chi connectivity index (χ3n) is 6.22. The van der Waals surface area contributed by atoms with Crippen molar-refractivity contribution in [3.8, 4) is 0 Å². The summed E-state index contributed by atoms with van der Waals surface area (Å²) in [6.45, 7) is 14.9. The number of ether oxygens (including phenoxy) is 3. The number of methoxy groups -OCH3 is 1. The predicted octanol–water partition coefficient (Wildman–Crippen LogP) is 4.88. The van der Waals surface area contributed by atoms with Crippen LogP contribution in [0.15, 0.2) is 0 Å². The number of unbranched alkanes of at least 4 members (excludes halogenated alkanes) is 5. The van der Waals surface area contributed by atoms with Gasteiger partial charge in [-0.3, -0.25) is 9.59 Å². The molecule has 0 aromatic carbocycles. The molecule has 0 spiro atoms. The number of carbonyl (C=O) groups excluding carboxylic acids is 5. The van der Waals surface area contributed by atoms with Gasteiger partial charge in [0.2, 0.25) is 11.8 Å². The zero-order valence-electron chi connectivity index (χ0n) is 28.0. The Morgan fingerprint density at radius 3 is 1.47 bits per heavy atom. The van der Waals surface area contributed by atoms with E-state index in [-0.39, 0.29) is 6.42 Å². The molecule has 0 fully saturated rings. The number of amides is 4. The van der Waals surface area contributed by atoms with Crippen LogP contribution in [0.4, 0.5) is 9.59 Å². The average molecular weight is 615 g/mol. The second-order valence-corrected chi connectivity index (χ2v) is 12.8. The number of esters is 1. The van der Waals surface area contributed by atoms with Gasteiger partial charge in [0.15, 0.2) is 0 Å². The average Bonchev–Trinajstić information content (AvgIpc) is 2.88. The van der Waals surface area contributed by atoms with Crippen LogP contribution in [0.5, 0.6) is 0 Å². The van der Waals surface area contributed by atoms with Gasteiger partial charge >= 0.3 is 18.2 Å². The topological polar surface area (TPSA) is 161 Å². The van der Waals surface area contributed by atoms with Crippen LogP contribution in [-0.2, 0) is 28.6 Å². The molecule has 3 atom stereocenters. The Labute approximate surface area is 258 Å². The zero-order chi connectivity index (χ0) is 33.1. The first-order valence-corrected chi connectivity index (χ1v) is 15.7. The number of nitrogens with one attached hydrogen (secondary N) is 4. The maximum Gasteiger partial charge on any atom is 0.408 e. The second-order valence-electron chi connectivity index (χ2n) is 12.8. The highest BCUT2D eigenvalue weighted by Crippen LogP contribution is 2.12. The Hall–Kier alpha value is -3.05. The van der Waals surface area contributed by atoms with Crippen molar-refractivity contribution in [1.29, 1.82) is 0 Å². The van der Waals surface area contributed by atoms with Crippen molar-refractivity contribution >= 4 is 30.0 Å². The van der Waals surface area contributed by atoms with Crippen LogP contribution < -0.4 is 21.3 Å². The van der Waals surface area contributed by atoms with E-state index in [1.807, 2.05) is 13.8 Å². The van der Waals surface area contributed by atoms with E-state index >= 15 is 0 Å². The van der Waals surface area contributed by atoms with Gasteiger partial charge in [0.1, 0.15) is 29.3 Å². The molecular weight excluding hydrogens is 556 g/mol. The molecule has 0 aliphatic carbocycles. The summed E-state index contributed by atoms with van der Waals surface area (Å²) in [4.78, 5) is 63.7. The lowest BCUT2D eigenvalue weighted by molar-refractivity contribution is -0.145. The summed E-state index contributed by atoms with van der Waals surface area (Å²) in [6.07, 6.45) is 5.81. The molecule has 3 unspecified atom stereocenters. The summed E-state index contributed by atoms with van der Waals surface area (Å²) in [5.74, 6) is -1.60. The van der Waals surface area contributed by atoms with Crippen molar-refractivity contribution in [2.24, 2.45) is 0 Å². The maximum absolute atomic E-state index is 13.4. The largest absolute Gasteiger partial charge is 0.467 e. The molecule has 12 heteroatoms. The molecule has 0 aliphatic heterocycles. The van der Waals surface area contributed by atoms with Gasteiger partial charge in [-0.25, -0.2) is 14.4 Å². The molecule has 0 rings (SSSR count). The van der Waals surface area contributed by atoms with E-state index in [0.29, 0.717) is 38.6 Å². The van der Waals surface area contributed by atoms with Crippen LogP contribution in [-0.4, -0.2) is 73.0 Å². The first-order valence-electron chi connectivity index (χ1n) is 15.7. The van der Waals surface area contributed by atoms with Crippen molar-refractivity contribution in [1.82, 2.24) is 21.3 Å². The van der Waals surface area contributed by atoms with Gasteiger partial charge in [-0.1, -0.05) is 52.4 Å². The Bertz CT molecular complexity index is 867. The lowest BCUT2D eigenvalue weighted by Crippen LogP contribution is -2.56. The van der Waals surface area contributed by atoms with E-state index in [4.69, 9.17) is 14.2 Å². The zero-order valence-corrected chi connectivity index (χ0v) is 28.0. The molecule has 43 heavy (non-hydrogen) atoms. The Morgan fingerprint density at radius 2 is 1.00 bits per heavy atom. The van der Waals surface area contributed by atoms with Gasteiger partial charge in [-0.2, -0.15) is 0 Å². The van der Waals surface area contributed by atoms with Crippen LogP contribution in [0.1, 0.15) is 126 Å². The third kappa shape index (κ3) is 20.5. The van der Waals surface area contributed by atoms with Crippen molar-refractivity contribution < 1.29 is 38.2 Å². The highest BCUT2D eigenvalue weighted by atomic mass is 16.6. The lowest BCUT2D eigenvalue weighted by atomic mass is 10.0. The van der Waals surface area contributed by atoms with Crippen LogP contribution in [0.25, 0.3) is 0 Å². The van der Waals surface area contributed by atoms with Crippen molar-refractivity contribution in [2.75, 3.05) is 13.7 Å². The molecule has 0 saturated heterocycles. The normalized spacial score (nSPS) is 13.6. The number of alkyl carbamates (subject to hydrolysis) is 2. The minimum atomic E-state index is -0.985. The van der Waals surface area contributed by atoms with Crippen molar-refractivity contribution in [2.45, 2.75) is 155 Å². The van der Waals surface area contributed by atoms with Crippen LogP contribution in [0, 0.1) is 0 Å². The monoisotopic (exact) mass is 614 g/mol. The Balaban J connectivity index is 5.66. The van der Waals surface area contributed by atoms with Gasteiger partial charge in [-0.05, 0) is 73.6 Å². The van der Waals surface area contributed by atoms with Crippen LogP contribution in [0.2, 0.25) is 0 Å². The molecule has 0 radical (unpaired) electrons. The van der Waals surface area contributed by atoms with E-state index in [9.17, 15) is 24.0 Å². The van der Waals surface area contributed by atoms with E-state index in [1.165, 1.54) is 7.11 Å². The van der Waals surface area contributed by atoms with Crippen molar-refractivity contribution in [3.05, 3.63) is 0 Å². The van der Waals surface area contributed by atoms with E-state index in [1.54, 1.807) is 41.5 Å². The van der Waals surface area contributed by atoms with E-state index in [2.05, 4.69) is 21.3 Å². The Morgan fingerprint density at radius 1 is 0.581 bits per heavy atom. The molecule has 0 bridgehead atoms. The van der Waals surface area contributed by atoms with Gasteiger partial charge in [-0.15, -0.1) is 0 Å². The second kappa shape index (κ2) is 20.8. The number of hydrogen-bond acceptors (Lipinski definition) is 8. The fraction of sp³-hybridized carbons (Fsp3) is 0.839. The van der Waals surface area contributed by atoms with Crippen LogP contribution in [0.3, 0.4) is 0 Å². The number of carbonyl (C=O) groups is 5. The summed E-state index contributed by atoms with van der Waals surface area (Å²) in [6, 6.07) is -2.74. The smallest absolute Gasteiger partial charge is 0.408 e. The molecular formula is C31H58N4O8. The predicted molar refractivity (Wildman–Crippen MR) is 165 cm³/mol.